The maximum absolute atomic E-state index is 11.5. The zero-order chi connectivity index (χ0) is 18.3. The molecule has 0 aromatic heterocycles. The third kappa shape index (κ3) is 7.68. The fraction of sp³-hybridized carbons (Fsp3) is 0.368. The van der Waals surface area contributed by atoms with Gasteiger partial charge in [0, 0.05) is 0 Å². The van der Waals surface area contributed by atoms with Crippen molar-refractivity contribution in [3.05, 3.63) is 48.0 Å². The van der Waals surface area contributed by atoms with Crippen LogP contribution in [-0.4, -0.2) is 13.0 Å². The minimum Gasteiger partial charge on any atom is -0.872 e. The van der Waals surface area contributed by atoms with Gasteiger partial charge >= 0.3 is 51.4 Å². The van der Waals surface area contributed by atoms with Crippen molar-refractivity contribution in [2.45, 2.75) is 50.3 Å². The summed E-state index contributed by atoms with van der Waals surface area (Å²) in [6.07, 6.45) is 6.83. The molecule has 0 radical (unpaired) electrons. The average Bonchev–Trinajstić information content (AvgIpc) is 2.54. The van der Waals surface area contributed by atoms with Gasteiger partial charge in [0.2, 0.25) is 0 Å². The molecule has 0 aliphatic heterocycles. The van der Waals surface area contributed by atoms with E-state index in [0.717, 1.165) is 36.6 Å². The minimum atomic E-state index is -4.47. The summed E-state index contributed by atoms with van der Waals surface area (Å²) in [5.74, 6) is -0.133. The molecule has 0 saturated heterocycles. The van der Waals surface area contributed by atoms with Gasteiger partial charge < -0.3 is 9.84 Å². The molecule has 26 heavy (non-hydrogen) atoms. The topological polar surface area (TPSA) is 86.7 Å². The van der Waals surface area contributed by atoms with Gasteiger partial charge in [0.1, 0.15) is 16.4 Å². The van der Waals surface area contributed by atoms with E-state index in [9.17, 15) is 18.1 Å². The Balaban J connectivity index is 0.00000338. The molecule has 0 fully saturated rings. The quantitative estimate of drug-likeness (QED) is 0.388. The van der Waals surface area contributed by atoms with Crippen molar-refractivity contribution in [2.24, 2.45) is 0 Å². The predicted molar refractivity (Wildman–Crippen MR) is 94.7 cm³/mol. The van der Waals surface area contributed by atoms with Crippen LogP contribution in [0.25, 0.3) is 0 Å². The van der Waals surface area contributed by atoms with Crippen molar-refractivity contribution in [1.29, 1.82) is 0 Å². The Morgan fingerprint density at radius 2 is 1.77 bits per heavy atom. The molecule has 136 valence electrons. The predicted octanol–water partition coefficient (Wildman–Crippen LogP) is 1.32. The van der Waals surface area contributed by atoms with Crippen molar-refractivity contribution < 1.29 is 74.2 Å². The van der Waals surface area contributed by atoms with Crippen LogP contribution in [0.4, 0.5) is 0 Å². The van der Waals surface area contributed by atoms with E-state index in [1.165, 1.54) is 25.7 Å². The Bertz CT molecular complexity index is 805. The van der Waals surface area contributed by atoms with E-state index in [0.29, 0.717) is 5.75 Å². The van der Waals surface area contributed by atoms with Gasteiger partial charge in [0.15, 0.2) is 0 Å². The number of unbranched alkanes of at least 4 members (excludes halogenated alkanes) is 4. The number of hydrogen-bond acceptors (Lipinski definition) is 4. The zero-order valence-electron chi connectivity index (χ0n) is 15.3. The largest absolute Gasteiger partial charge is 1.00 e. The Hall–Kier alpha value is -0.414. The standard InChI is InChI=1S/C19H24O5S.K/c1-2-3-4-5-6-8-15-9-7-10-17(13-15)24-18-14-16(20)11-12-19(18)25(21,22)23;/h7,9-14,20H,2-6,8H2,1H3,(H,21,22,23);/q;+1/p-1. The molecule has 1 N–H and O–H groups in total. The van der Waals surface area contributed by atoms with Crippen LogP contribution in [0, 0.1) is 0 Å². The van der Waals surface area contributed by atoms with Crippen molar-refractivity contribution in [3.63, 3.8) is 0 Å². The summed E-state index contributed by atoms with van der Waals surface area (Å²) in [4.78, 5) is -0.419. The van der Waals surface area contributed by atoms with Crippen LogP contribution in [0.15, 0.2) is 47.4 Å². The molecule has 0 spiro atoms. The molecule has 5 nitrogen and oxygen atoms in total. The molecule has 0 saturated carbocycles. The summed E-state index contributed by atoms with van der Waals surface area (Å²) in [7, 11) is -4.47. The molecule has 2 rings (SSSR count). The maximum atomic E-state index is 11.5. The van der Waals surface area contributed by atoms with E-state index in [1.807, 2.05) is 18.2 Å². The van der Waals surface area contributed by atoms with Crippen LogP contribution in [0.5, 0.6) is 17.2 Å². The van der Waals surface area contributed by atoms with Crippen molar-refractivity contribution >= 4 is 10.1 Å². The average molecular weight is 403 g/mol. The van der Waals surface area contributed by atoms with E-state index < -0.39 is 20.8 Å². The number of aryl methyl sites for hydroxylation is 1. The fourth-order valence-corrected chi connectivity index (χ4v) is 3.20. The summed E-state index contributed by atoms with van der Waals surface area (Å²) >= 11 is 0. The van der Waals surface area contributed by atoms with E-state index in [1.54, 1.807) is 6.07 Å². The normalized spacial score (nSPS) is 11.0. The zero-order valence-corrected chi connectivity index (χ0v) is 19.2. The van der Waals surface area contributed by atoms with Crippen LogP contribution in [0.3, 0.4) is 0 Å². The monoisotopic (exact) mass is 402 g/mol. The first-order chi connectivity index (χ1) is 11.9. The molecule has 2 aromatic rings. The molecule has 0 heterocycles. The molecule has 0 bridgehead atoms. The van der Waals surface area contributed by atoms with Crippen LogP contribution in [0.2, 0.25) is 0 Å². The fourth-order valence-electron chi connectivity index (χ4n) is 2.61. The third-order valence-electron chi connectivity index (χ3n) is 3.89. The summed E-state index contributed by atoms with van der Waals surface area (Å²) in [5, 5.41) is 11.5. The first-order valence-corrected chi connectivity index (χ1v) is 9.89. The Labute approximate surface area is 198 Å². The van der Waals surface area contributed by atoms with Crippen molar-refractivity contribution in [3.8, 4) is 17.2 Å². The van der Waals surface area contributed by atoms with Crippen molar-refractivity contribution in [2.75, 3.05) is 0 Å². The summed E-state index contributed by atoms with van der Waals surface area (Å²) in [6, 6.07) is 10.5. The number of rotatable bonds is 9. The van der Waals surface area contributed by atoms with Gasteiger partial charge in [-0.05, 0) is 42.7 Å². The smallest absolute Gasteiger partial charge is 0.872 e. The number of benzene rings is 2. The van der Waals surface area contributed by atoms with Gasteiger partial charge in [-0.2, -0.15) is 8.42 Å². The minimum absolute atomic E-state index is 0. The summed E-state index contributed by atoms with van der Waals surface area (Å²) in [5.41, 5.74) is 1.08. The molecular weight excluding hydrogens is 379 g/mol. The van der Waals surface area contributed by atoms with Crippen LogP contribution in [0.1, 0.15) is 44.6 Å². The summed E-state index contributed by atoms with van der Waals surface area (Å²) < 4.78 is 37.7. The van der Waals surface area contributed by atoms with Gasteiger partial charge in [-0.3, -0.25) is 4.55 Å². The van der Waals surface area contributed by atoms with E-state index in [2.05, 4.69) is 6.92 Å². The summed E-state index contributed by atoms with van der Waals surface area (Å²) in [6.45, 7) is 2.18. The van der Waals surface area contributed by atoms with Gasteiger partial charge in [-0.15, -0.1) is 5.75 Å². The maximum Gasteiger partial charge on any atom is 1.00 e. The second kappa shape index (κ2) is 11.4. The molecule has 0 aliphatic carbocycles. The Morgan fingerprint density at radius 1 is 1.04 bits per heavy atom. The number of hydrogen-bond donors (Lipinski definition) is 1. The SMILES string of the molecule is CCCCCCCc1cccc(Oc2cc([O-])ccc2S(=O)(=O)O)c1.[K+]. The van der Waals surface area contributed by atoms with Crippen LogP contribution >= 0.6 is 0 Å². The Kier molecular flexibility index (Phi) is 10.4. The molecule has 0 amide bonds. The molecule has 0 unspecified atom stereocenters. The molecule has 0 atom stereocenters. The second-order valence-electron chi connectivity index (χ2n) is 6.00. The third-order valence-corrected chi connectivity index (χ3v) is 4.78. The first kappa shape index (κ1) is 23.6. The van der Waals surface area contributed by atoms with E-state index >= 15 is 0 Å². The molecule has 7 heteroatoms. The van der Waals surface area contributed by atoms with Gasteiger partial charge in [-0.1, -0.05) is 50.8 Å². The van der Waals surface area contributed by atoms with Gasteiger partial charge in [-0.25, -0.2) is 0 Å². The number of ether oxygens (including phenoxy) is 1. The Morgan fingerprint density at radius 3 is 2.46 bits per heavy atom. The van der Waals surface area contributed by atoms with Crippen molar-refractivity contribution in [1.82, 2.24) is 0 Å². The van der Waals surface area contributed by atoms with E-state index in [-0.39, 0.29) is 57.1 Å². The molecule has 0 aliphatic rings. The van der Waals surface area contributed by atoms with Crippen LogP contribution < -0.4 is 61.2 Å². The molecule has 2 aromatic carbocycles. The molecular formula is C19H23KO5S. The van der Waals surface area contributed by atoms with Gasteiger partial charge in [0.05, 0.1) is 0 Å². The van der Waals surface area contributed by atoms with Crippen LogP contribution in [-0.2, 0) is 16.5 Å². The van der Waals surface area contributed by atoms with Gasteiger partial charge in [0.25, 0.3) is 10.1 Å². The second-order valence-corrected chi connectivity index (χ2v) is 7.39. The van der Waals surface area contributed by atoms with E-state index in [4.69, 9.17) is 4.74 Å². The first-order valence-electron chi connectivity index (χ1n) is 8.45.